The van der Waals surface area contributed by atoms with Crippen LogP contribution in [0.25, 0.3) is 0 Å². The van der Waals surface area contributed by atoms with Gasteiger partial charge in [-0.25, -0.2) is 0 Å². The molecule has 0 aromatic heterocycles. The Hall–Kier alpha value is -0.250. The molecular formula is C13H22F3N. The second-order valence-electron chi connectivity index (χ2n) is 5.77. The molecule has 17 heavy (non-hydrogen) atoms. The summed E-state index contributed by atoms with van der Waals surface area (Å²) < 4.78 is 37.5. The minimum atomic E-state index is -3.98. The summed E-state index contributed by atoms with van der Waals surface area (Å²) in [6.45, 7) is 2.24. The van der Waals surface area contributed by atoms with E-state index in [0.29, 0.717) is 43.7 Å². The lowest BCUT2D eigenvalue weighted by Crippen LogP contribution is -2.43. The number of nitrogens with one attached hydrogen (secondary N) is 1. The van der Waals surface area contributed by atoms with E-state index in [4.69, 9.17) is 0 Å². The quantitative estimate of drug-likeness (QED) is 0.783. The first-order chi connectivity index (χ1) is 7.97. The van der Waals surface area contributed by atoms with Gasteiger partial charge in [0.2, 0.25) is 0 Å². The minimum Gasteiger partial charge on any atom is -0.311 e. The molecule has 2 aliphatic rings. The van der Waals surface area contributed by atoms with E-state index in [1.807, 2.05) is 0 Å². The number of rotatable bonds is 2. The van der Waals surface area contributed by atoms with Gasteiger partial charge in [0, 0.05) is 12.1 Å². The predicted octanol–water partition coefficient (Wildman–Crippen LogP) is 3.89. The van der Waals surface area contributed by atoms with Crippen molar-refractivity contribution in [3.63, 3.8) is 0 Å². The van der Waals surface area contributed by atoms with Gasteiger partial charge in [-0.1, -0.05) is 13.3 Å². The molecule has 4 heteroatoms. The average Bonchev–Trinajstić information content (AvgIpc) is 2.64. The van der Waals surface area contributed by atoms with E-state index in [2.05, 4.69) is 12.2 Å². The standard InChI is InChI=1S/C13H22F3N/c1-9-3-2-4-12(9)17-11-7-5-10(6-8-11)13(14,15)16/h9-12,17H,2-8H2,1H3. The summed E-state index contributed by atoms with van der Waals surface area (Å²) in [6.07, 6.45) is 1.73. The molecule has 0 aromatic rings. The normalized spacial score (nSPS) is 39.5. The van der Waals surface area contributed by atoms with Gasteiger partial charge >= 0.3 is 6.18 Å². The van der Waals surface area contributed by atoms with Crippen LogP contribution in [0.4, 0.5) is 13.2 Å². The third-order valence-electron chi connectivity index (χ3n) is 4.50. The van der Waals surface area contributed by atoms with E-state index in [1.54, 1.807) is 0 Å². The number of halogens is 3. The fourth-order valence-corrected chi connectivity index (χ4v) is 3.28. The highest BCUT2D eigenvalue weighted by Gasteiger charge is 2.41. The third kappa shape index (κ3) is 3.36. The first-order valence-electron chi connectivity index (χ1n) is 6.79. The molecule has 0 spiro atoms. The van der Waals surface area contributed by atoms with Crippen LogP contribution in [0.15, 0.2) is 0 Å². The fraction of sp³-hybridized carbons (Fsp3) is 1.00. The van der Waals surface area contributed by atoms with Crippen LogP contribution in [-0.2, 0) is 0 Å². The van der Waals surface area contributed by atoms with Gasteiger partial charge < -0.3 is 5.32 Å². The van der Waals surface area contributed by atoms with Crippen LogP contribution in [0, 0.1) is 11.8 Å². The van der Waals surface area contributed by atoms with Crippen molar-refractivity contribution in [3.8, 4) is 0 Å². The molecule has 100 valence electrons. The SMILES string of the molecule is CC1CCCC1NC1CCC(C(F)(F)F)CC1. The van der Waals surface area contributed by atoms with Gasteiger partial charge in [-0.3, -0.25) is 0 Å². The van der Waals surface area contributed by atoms with Crippen LogP contribution in [0.3, 0.4) is 0 Å². The average molecular weight is 249 g/mol. The maximum absolute atomic E-state index is 12.5. The lowest BCUT2D eigenvalue weighted by molar-refractivity contribution is -0.182. The van der Waals surface area contributed by atoms with Crippen molar-refractivity contribution in [2.24, 2.45) is 11.8 Å². The molecule has 0 aromatic carbocycles. The monoisotopic (exact) mass is 249 g/mol. The Morgan fingerprint density at radius 3 is 2.06 bits per heavy atom. The summed E-state index contributed by atoms with van der Waals surface area (Å²) in [7, 11) is 0. The molecule has 0 aliphatic heterocycles. The smallest absolute Gasteiger partial charge is 0.311 e. The van der Waals surface area contributed by atoms with Gasteiger partial charge in [0.15, 0.2) is 0 Å². The third-order valence-corrected chi connectivity index (χ3v) is 4.50. The van der Waals surface area contributed by atoms with E-state index in [1.165, 1.54) is 19.3 Å². The number of hydrogen-bond donors (Lipinski definition) is 1. The molecule has 0 heterocycles. The molecule has 2 fully saturated rings. The van der Waals surface area contributed by atoms with Gasteiger partial charge in [0.1, 0.15) is 0 Å². The summed E-state index contributed by atoms with van der Waals surface area (Å²) in [5, 5.41) is 3.57. The van der Waals surface area contributed by atoms with Crippen LogP contribution < -0.4 is 5.32 Å². The molecule has 2 unspecified atom stereocenters. The van der Waals surface area contributed by atoms with Crippen LogP contribution in [0.2, 0.25) is 0 Å². The zero-order valence-electron chi connectivity index (χ0n) is 10.4. The Kier molecular flexibility index (Phi) is 4.01. The van der Waals surface area contributed by atoms with Crippen LogP contribution in [0.5, 0.6) is 0 Å². The number of alkyl halides is 3. The van der Waals surface area contributed by atoms with E-state index >= 15 is 0 Å². The molecule has 2 saturated carbocycles. The molecule has 1 nitrogen and oxygen atoms in total. The fourth-order valence-electron chi connectivity index (χ4n) is 3.28. The molecule has 1 N–H and O–H groups in total. The van der Waals surface area contributed by atoms with Crippen molar-refractivity contribution < 1.29 is 13.2 Å². The molecule has 0 amide bonds. The zero-order valence-corrected chi connectivity index (χ0v) is 10.4. The Bertz CT molecular complexity index is 244. The van der Waals surface area contributed by atoms with Crippen LogP contribution >= 0.6 is 0 Å². The summed E-state index contributed by atoms with van der Waals surface area (Å²) in [5.74, 6) is -0.364. The molecule has 0 saturated heterocycles. The van der Waals surface area contributed by atoms with Crippen molar-refractivity contribution in [3.05, 3.63) is 0 Å². The van der Waals surface area contributed by atoms with Crippen LogP contribution in [-0.4, -0.2) is 18.3 Å². The molecular weight excluding hydrogens is 227 g/mol. The van der Waals surface area contributed by atoms with E-state index < -0.39 is 12.1 Å². The van der Waals surface area contributed by atoms with Crippen molar-refractivity contribution in [1.82, 2.24) is 5.32 Å². The largest absolute Gasteiger partial charge is 0.391 e. The molecule has 0 radical (unpaired) electrons. The topological polar surface area (TPSA) is 12.0 Å². The zero-order chi connectivity index (χ0) is 12.5. The first kappa shape index (κ1) is 13.2. The predicted molar refractivity (Wildman–Crippen MR) is 61.7 cm³/mol. The first-order valence-corrected chi connectivity index (χ1v) is 6.79. The van der Waals surface area contributed by atoms with E-state index in [0.717, 1.165) is 0 Å². The summed E-state index contributed by atoms with van der Waals surface area (Å²) in [6, 6.07) is 0.863. The van der Waals surface area contributed by atoms with E-state index in [-0.39, 0.29) is 0 Å². The molecule has 2 aliphatic carbocycles. The lowest BCUT2D eigenvalue weighted by atomic mass is 9.85. The van der Waals surface area contributed by atoms with Gasteiger partial charge in [0.25, 0.3) is 0 Å². The Morgan fingerprint density at radius 1 is 0.941 bits per heavy atom. The molecule has 0 bridgehead atoms. The second-order valence-corrected chi connectivity index (χ2v) is 5.77. The van der Waals surface area contributed by atoms with Gasteiger partial charge in [-0.05, 0) is 44.4 Å². The molecule has 2 atom stereocenters. The number of hydrogen-bond acceptors (Lipinski definition) is 1. The Balaban J connectivity index is 1.76. The lowest BCUT2D eigenvalue weighted by Gasteiger charge is -2.33. The van der Waals surface area contributed by atoms with Crippen molar-refractivity contribution in [2.45, 2.75) is 70.1 Å². The Labute approximate surface area is 101 Å². The van der Waals surface area contributed by atoms with E-state index in [9.17, 15) is 13.2 Å². The summed E-state index contributed by atoms with van der Waals surface area (Å²) in [5.41, 5.74) is 0. The van der Waals surface area contributed by atoms with Gasteiger partial charge in [0.05, 0.1) is 5.92 Å². The highest BCUT2D eigenvalue weighted by atomic mass is 19.4. The highest BCUT2D eigenvalue weighted by Crippen LogP contribution is 2.38. The summed E-state index contributed by atoms with van der Waals surface area (Å²) >= 11 is 0. The second kappa shape index (κ2) is 5.17. The highest BCUT2D eigenvalue weighted by molar-refractivity contribution is 4.87. The minimum absolute atomic E-state index is 0.308. The molecule has 2 rings (SSSR count). The Morgan fingerprint density at radius 2 is 1.59 bits per heavy atom. The van der Waals surface area contributed by atoms with Gasteiger partial charge in [-0.15, -0.1) is 0 Å². The van der Waals surface area contributed by atoms with Crippen molar-refractivity contribution in [1.29, 1.82) is 0 Å². The van der Waals surface area contributed by atoms with Crippen molar-refractivity contribution >= 4 is 0 Å². The maximum Gasteiger partial charge on any atom is 0.391 e. The summed E-state index contributed by atoms with van der Waals surface area (Å²) in [4.78, 5) is 0. The van der Waals surface area contributed by atoms with Crippen LogP contribution in [0.1, 0.15) is 51.9 Å². The van der Waals surface area contributed by atoms with Crippen molar-refractivity contribution in [2.75, 3.05) is 0 Å². The maximum atomic E-state index is 12.5. The van der Waals surface area contributed by atoms with Gasteiger partial charge in [-0.2, -0.15) is 13.2 Å².